The van der Waals surface area contributed by atoms with Gasteiger partial charge < -0.3 is 10.0 Å². The third-order valence-corrected chi connectivity index (χ3v) is 3.44. The van der Waals surface area contributed by atoms with Crippen molar-refractivity contribution in [3.05, 3.63) is 64.7 Å². The number of benzene rings is 2. The third kappa shape index (κ3) is 3.00. The van der Waals surface area contributed by atoms with Crippen molar-refractivity contribution in [1.29, 1.82) is 0 Å². The molecule has 20 heavy (non-hydrogen) atoms. The molecule has 0 aliphatic carbocycles. The molecule has 0 amide bonds. The van der Waals surface area contributed by atoms with Crippen molar-refractivity contribution < 1.29 is 9.90 Å². The van der Waals surface area contributed by atoms with Crippen molar-refractivity contribution in [2.45, 2.75) is 6.10 Å². The first-order chi connectivity index (χ1) is 9.50. The Hall–Kier alpha value is -1.84. The van der Waals surface area contributed by atoms with Gasteiger partial charge in [0.05, 0.1) is 5.02 Å². The minimum Gasteiger partial charge on any atom is -0.380 e. The second-order valence-electron chi connectivity index (χ2n) is 4.73. The van der Waals surface area contributed by atoms with Crippen LogP contribution in [-0.2, 0) is 0 Å². The van der Waals surface area contributed by atoms with Gasteiger partial charge in [-0.1, -0.05) is 35.9 Å². The molecule has 0 radical (unpaired) electrons. The van der Waals surface area contributed by atoms with Crippen molar-refractivity contribution in [2.24, 2.45) is 0 Å². The van der Waals surface area contributed by atoms with Gasteiger partial charge in [-0.15, -0.1) is 0 Å². The Kier molecular flexibility index (Phi) is 4.42. The first-order valence-electron chi connectivity index (χ1n) is 6.25. The van der Waals surface area contributed by atoms with Gasteiger partial charge in [0.1, 0.15) is 6.10 Å². The molecule has 0 heterocycles. The lowest BCUT2D eigenvalue weighted by molar-refractivity contribution is 0.0747. The monoisotopic (exact) mass is 289 g/mol. The topological polar surface area (TPSA) is 40.5 Å². The fraction of sp³-hybridized carbons (Fsp3) is 0.188. The van der Waals surface area contributed by atoms with Gasteiger partial charge in [-0.25, -0.2) is 0 Å². The van der Waals surface area contributed by atoms with Crippen molar-refractivity contribution in [3.63, 3.8) is 0 Å². The van der Waals surface area contributed by atoms with Crippen LogP contribution >= 0.6 is 11.6 Å². The molecule has 2 aromatic carbocycles. The smallest absolute Gasteiger partial charge is 0.197 e. The standard InChI is InChI=1S/C16H16ClNO2/c1-18(2)12-9-7-11(8-10-12)15(19)16(20)13-5-3-4-6-14(13)17/h3-10,15,19H,1-2H3. The number of carbonyl (C=O) groups is 1. The Bertz CT molecular complexity index is 608. The molecule has 0 aliphatic heterocycles. The summed E-state index contributed by atoms with van der Waals surface area (Å²) in [5.74, 6) is -0.395. The van der Waals surface area contributed by atoms with Crippen molar-refractivity contribution >= 4 is 23.1 Å². The minimum atomic E-state index is -1.20. The van der Waals surface area contributed by atoms with E-state index in [-0.39, 0.29) is 0 Å². The summed E-state index contributed by atoms with van der Waals surface area (Å²) in [4.78, 5) is 14.2. The molecule has 0 aromatic heterocycles. The molecule has 0 fully saturated rings. The van der Waals surface area contributed by atoms with Crippen LogP contribution in [0.5, 0.6) is 0 Å². The number of Topliss-reactive ketones (excluding diaryl/α,β-unsaturated/α-hetero) is 1. The van der Waals surface area contributed by atoms with E-state index in [2.05, 4.69) is 0 Å². The van der Waals surface area contributed by atoms with Crippen LogP contribution in [0, 0.1) is 0 Å². The molecule has 104 valence electrons. The first-order valence-corrected chi connectivity index (χ1v) is 6.62. The summed E-state index contributed by atoms with van der Waals surface area (Å²) in [7, 11) is 3.86. The number of hydrogen-bond donors (Lipinski definition) is 1. The number of aliphatic hydroxyl groups excluding tert-OH is 1. The van der Waals surface area contributed by atoms with Gasteiger partial charge in [0.2, 0.25) is 0 Å². The molecule has 0 saturated carbocycles. The highest BCUT2D eigenvalue weighted by molar-refractivity contribution is 6.34. The van der Waals surface area contributed by atoms with E-state index in [0.29, 0.717) is 16.1 Å². The molecule has 0 bridgehead atoms. The summed E-state index contributed by atoms with van der Waals surface area (Å²) in [6, 6.07) is 13.9. The molecular weight excluding hydrogens is 274 g/mol. The van der Waals surface area contributed by atoms with Crippen molar-refractivity contribution in [2.75, 3.05) is 19.0 Å². The van der Waals surface area contributed by atoms with Gasteiger partial charge in [-0.2, -0.15) is 0 Å². The minimum absolute atomic E-state index is 0.332. The van der Waals surface area contributed by atoms with Crippen LogP contribution in [-0.4, -0.2) is 25.0 Å². The van der Waals surface area contributed by atoms with Gasteiger partial charge in [-0.05, 0) is 29.8 Å². The summed E-state index contributed by atoms with van der Waals surface area (Å²) in [5, 5.41) is 10.5. The lowest BCUT2D eigenvalue weighted by atomic mass is 9.99. The normalized spacial score (nSPS) is 12.0. The molecule has 1 N–H and O–H groups in total. The number of halogens is 1. The van der Waals surface area contributed by atoms with Crippen LogP contribution in [0.4, 0.5) is 5.69 Å². The van der Waals surface area contributed by atoms with Gasteiger partial charge in [0.15, 0.2) is 5.78 Å². The number of ketones is 1. The van der Waals surface area contributed by atoms with Crippen molar-refractivity contribution in [3.8, 4) is 0 Å². The van der Waals surface area contributed by atoms with Crippen LogP contribution in [0.2, 0.25) is 5.02 Å². The number of rotatable bonds is 4. The molecule has 2 aromatic rings. The van der Waals surface area contributed by atoms with E-state index < -0.39 is 11.9 Å². The van der Waals surface area contributed by atoms with Gasteiger partial charge in [0.25, 0.3) is 0 Å². The van der Waals surface area contributed by atoms with Gasteiger partial charge in [-0.3, -0.25) is 4.79 Å². The third-order valence-electron chi connectivity index (χ3n) is 3.11. The average molecular weight is 290 g/mol. The molecule has 0 aliphatic rings. The highest BCUT2D eigenvalue weighted by atomic mass is 35.5. The van der Waals surface area contributed by atoms with Crippen LogP contribution < -0.4 is 4.90 Å². The Labute approximate surface area is 123 Å². The van der Waals surface area contributed by atoms with Crippen molar-refractivity contribution in [1.82, 2.24) is 0 Å². The summed E-state index contributed by atoms with van der Waals surface area (Å²) < 4.78 is 0. The van der Waals surface area contributed by atoms with E-state index in [0.717, 1.165) is 5.69 Å². The van der Waals surface area contributed by atoms with Gasteiger partial charge >= 0.3 is 0 Å². The highest BCUT2D eigenvalue weighted by Crippen LogP contribution is 2.24. The molecule has 2 rings (SSSR count). The quantitative estimate of drug-likeness (QED) is 0.878. The van der Waals surface area contributed by atoms with E-state index >= 15 is 0 Å². The second-order valence-corrected chi connectivity index (χ2v) is 5.14. The summed E-state index contributed by atoms with van der Waals surface area (Å²) >= 11 is 5.98. The van der Waals surface area contributed by atoms with E-state index in [1.807, 2.05) is 31.1 Å². The molecular formula is C16H16ClNO2. The Morgan fingerprint density at radius 1 is 1.10 bits per heavy atom. The van der Waals surface area contributed by atoms with Crippen LogP contribution in [0.25, 0.3) is 0 Å². The molecule has 0 spiro atoms. The maximum Gasteiger partial charge on any atom is 0.197 e. The van der Waals surface area contributed by atoms with Crippen LogP contribution in [0.15, 0.2) is 48.5 Å². The zero-order chi connectivity index (χ0) is 14.7. The Balaban J connectivity index is 2.25. The molecule has 1 unspecified atom stereocenters. The maximum absolute atomic E-state index is 12.2. The fourth-order valence-electron chi connectivity index (χ4n) is 1.91. The summed E-state index contributed by atoms with van der Waals surface area (Å²) in [6.07, 6.45) is -1.20. The van der Waals surface area contributed by atoms with Crippen LogP contribution in [0.3, 0.4) is 0 Å². The van der Waals surface area contributed by atoms with Crippen LogP contribution in [0.1, 0.15) is 22.0 Å². The van der Waals surface area contributed by atoms with E-state index in [1.165, 1.54) is 0 Å². The average Bonchev–Trinajstić information content (AvgIpc) is 2.46. The summed E-state index contributed by atoms with van der Waals surface area (Å²) in [5.41, 5.74) is 1.89. The summed E-state index contributed by atoms with van der Waals surface area (Å²) in [6.45, 7) is 0. The fourth-order valence-corrected chi connectivity index (χ4v) is 2.14. The predicted molar refractivity (Wildman–Crippen MR) is 81.5 cm³/mol. The number of carbonyl (C=O) groups excluding carboxylic acids is 1. The van der Waals surface area contributed by atoms with E-state index in [4.69, 9.17) is 11.6 Å². The molecule has 3 nitrogen and oxygen atoms in total. The number of hydrogen-bond acceptors (Lipinski definition) is 3. The second kappa shape index (κ2) is 6.07. The predicted octanol–water partition coefficient (Wildman–Crippen LogP) is 3.32. The SMILES string of the molecule is CN(C)c1ccc(C(O)C(=O)c2ccccc2Cl)cc1. The first kappa shape index (κ1) is 14.6. The number of aliphatic hydroxyl groups is 1. The van der Waals surface area contributed by atoms with E-state index in [9.17, 15) is 9.90 Å². The Morgan fingerprint density at radius 2 is 1.70 bits per heavy atom. The zero-order valence-corrected chi connectivity index (χ0v) is 12.1. The molecule has 0 saturated heterocycles. The number of anilines is 1. The van der Waals surface area contributed by atoms with E-state index in [1.54, 1.807) is 36.4 Å². The molecule has 4 heteroatoms. The largest absolute Gasteiger partial charge is 0.380 e. The maximum atomic E-state index is 12.2. The number of nitrogens with zero attached hydrogens (tertiary/aromatic N) is 1. The molecule has 1 atom stereocenters. The lowest BCUT2D eigenvalue weighted by Crippen LogP contribution is -2.13. The lowest BCUT2D eigenvalue weighted by Gasteiger charge is -2.15. The highest BCUT2D eigenvalue weighted by Gasteiger charge is 2.21. The van der Waals surface area contributed by atoms with Gasteiger partial charge in [0, 0.05) is 25.3 Å². The Morgan fingerprint density at radius 3 is 2.25 bits per heavy atom. The zero-order valence-electron chi connectivity index (χ0n) is 11.4.